The fraction of sp³-hybridized carbons (Fsp3) is 0.571. The lowest BCUT2D eigenvalue weighted by molar-refractivity contribution is -0.120. The van der Waals surface area contributed by atoms with E-state index < -0.39 is 0 Å². The van der Waals surface area contributed by atoms with Crippen molar-refractivity contribution in [1.82, 2.24) is 10.3 Å². The van der Waals surface area contributed by atoms with Gasteiger partial charge >= 0.3 is 0 Å². The lowest BCUT2D eigenvalue weighted by atomic mass is 9.84. The first-order valence-corrected chi connectivity index (χ1v) is 6.50. The summed E-state index contributed by atoms with van der Waals surface area (Å²) >= 11 is 0. The molecule has 17 heavy (non-hydrogen) atoms. The molecule has 0 aromatic carbocycles. The lowest BCUT2D eigenvalue weighted by Crippen LogP contribution is -2.30. The van der Waals surface area contributed by atoms with Crippen LogP contribution in [0.5, 0.6) is 0 Å². The third-order valence-electron chi connectivity index (χ3n) is 3.31. The molecule has 0 fully saturated rings. The summed E-state index contributed by atoms with van der Waals surface area (Å²) in [5.74, 6) is 0.308. The van der Waals surface area contributed by atoms with E-state index in [1.54, 1.807) is 6.20 Å². The van der Waals surface area contributed by atoms with Gasteiger partial charge in [0.1, 0.15) is 0 Å². The van der Waals surface area contributed by atoms with Crippen LogP contribution in [0.1, 0.15) is 43.4 Å². The summed E-state index contributed by atoms with van der Waals surface area (Å²) in [5, 5.41) is 3.19. The van der Waals surface area contributed by atoms with Crippen LogP contribution in [0.25, 0.3) is 0 Å². The molecule has 1 aromatic heterocycles. The fourth-order valence-electron chi connectivity index (χ4n) is 2.43. The number of carbonyl (C=O) groups is 1. The number of hydrogen-bond donors (Lipinski definition) is 1. The van der Waals surface area contributed by atoms with Crippen molar-refractivity contribution in [2.75, 3.05) is 13.1 Å². The Balaban J connectivity index is 2.05. The first-order valence-electron chi connectivity index (χ1n) is 6.50. The predicted octanol–water partition coefficient (Wildman–Crippen LogP) is 2.07. The zero-order valence-electron chi connectivity index (χ0n) is 10.4. The van der Waals surface area contributed by atoms with Gasteiger partial charge < -0.3 is 5.32 Å². The minimum Gasteiger partial charge on any atom is -0.310 e. The molecule has 0 radical (unpaired) electrons. The molecular formula is C14H20N2O. The van der Waals surface area contributed by atoms with Crippen molar-refractivity contribution >= 4 is 5.78 Å². The Kier molecular flexibility index (Phi) is 4.26. The normalized spacial score (nSPS) is 18.8. The van der Waals surface area contributed by atoms with Crippen molar-refractivity contribution in [2.24, 2.45) is 0 Å². The second-order valence-corrected chi connectivity index (χ2v) is 4.64. The zero-order chi connectivity index (χ0) is 12.1. The van der Waals surface area contributed by atoms with E-state index in [1.807, 2.05) is 6.07 Å². The van der Waals surface area contributed by atoms with Gasteiger partial charge in [-0.3, -0.25) is 9.78 Å². The highest BCUT2D eigenvalue weighted by Gasteiger charge is 2.26. The number of rotatable bonds is 5. The van der Waals surface area contributed by atoms with Crippen LogP contribution in [0.4, 0.5) is 0 Å². The summed E-state index contributed by atoms with van der Waals surface area (Å²) in [6.45, 7) is 3.50. The summed E-state index contributed by atoms with van der Waals surface area (Å²) < 4.78 is 0. The maximum absolute atomic E-state index is 12.1. The quantitative estimate of drug-likeness (QED) is 0.790. The van der Waals surface area contributed by atoms with E-state index in [4.69, 9.17) is 0 Å². The standard InChI is InChI=1S/C14H20N2O/c1-2-8-15-10-13(17)12-7-3-5-11-6-4-9-16-14(11)12/h4,6,9,12,15H,2-3,5,7-8,10H2,1H3. The monoisotopic (exact) mass is 232 g/mol. The number of hydrogen-bond acceptors (Lipinski definition) is 3. The van der Waals surface area contributed by atoms with Crippen molar-refractivity contribution in [3.63, 3.8) is 0 Å². The van der Waals surface area contributed by atoms with Gasteiger partial charge in [0, 0.05) is 6.20 Å². The number of nitrogens with one attached hydrogen (secondary N) is 1. The minimum atomic E-state index is 0.0179. The van der Waals surface area contributed by atoms with Crippen LogP contribution in [0, 0.1) is 0 Å². The largest absolute Gasteiger partial charge is 0.310 e. The number of carbonyl (C=O) groups excluding carboxylic acids is 1. The van der Waals surface area contributed by atoms with Crippen molar-refractivity contribution in [3.05, 3.63) is 29.6 Å². The number of aromatic nitrogens is 1. The minimum absolute atomic E-state index is 0.0179. The average Bonchev–Trinajstić information content (AvgIpc) is 2.38. The van der Waals surface area contributed by atoms with Crippen molar-refractivity contribution in [1.29, 1.82) is 0 Å². The Morgan fingerprint density at radius 3 is 3.29 bits per heavy atom. The third-order valence-corrected chi connectivity index (χ3v) is 3.31. The molecule has 1 aliphatic carbocycles. The Hall–Kier alpha value is -1.22. The molecule has 1 atom stereocenters. The van der Waals surface area contributed by atoms with Gasteiger partial charge in [0.05, 0.1) is 18.2 Å². The van der Waals surface area contributed by atoms with E-state index in [2.05, 4.69) is 23.3 Å². The number of ketones is 1. The van der Waals surface area contributed by atoms with Gasteiger partial charge in [0.15, 0.2) is 5.78 Å². The van der Waals surface area contributed by atoms with E-state index in [0.717, 1.165) is 37.9 Å². The maximum Gasteiger partial charge on any atom is 0.155 e. The summed E-state index contributed by atoms with van der Waals surface area (Å²) in [4.78, 5) is 16.5. The zero-order valence-corrected chi connectivity index (χ0v) is 10.4. The van der Waals surface area contributed by atoms with E-state index in [1.165, 1.54) is 5.56 Å². The van der Waals surface area contributed by atoms with Crippen LogP contribution >= 0.6 is 0 Å². The summed E-state index contributed by atoms with van der Waals surface area (Å²) in [7, 11) is 0. The van der Waals surface area contributed by atoms with Gasteiger partial charge in [-0.25, -0.2) is 0 Å². The highest BCUT2D eigenvalue weighted by atomic mass is 16.1. The van der Waals surface area contributed by atoms with Gasteiger partial charge in [-0.1, -0.05) is 13.0 Å². The molecule has 0 amide bonds. The highest BCUT2D eigenvalue weighted by Crippen LogP contribution is 2.30. The van der Waals surface area contributed by atoms with E-state index >= 15 is 0 Å². The van der Waals surface area contributed by atoms with E-state index in [9.17, 15) is 4.79 Å². The topological polar surface area (TPSA) is 42.0 Å². The van der Waals surface area contributed by atoms with Crippen LogP contribution in [0.2, 0.25) is 0 Å². The maximum atomic E-state index is 12.1. The van der Waals surface area contributed by atoms with Gasteiger partial charge in [-0.05, 0) is 43.9 Å². The molecule has 3 nitrogen and oxygen atoms in total. The van der Waals surface area contributed by atoms with E-state index in [-0.39, 0.29) is 11.7 Å². The van der Waals surface area contributed by atoms with Crippen LogP contribution in [0.15, 0.2) is 18.3 Å². The number of Topliss-reactive ketones (excluding diaryl/α,β-unsaturated/α-hetero) is 1. The second-order valence-electron chi connectivity index (χ2n) is 4.64. The van der Waals surface area contributed by atoms with Gasteiger partial charge in [0.25, 0.3) is 0 Å². The molecule has 2 rings (SSSR count). The molecule has 0 saturated heterocycles. The summed E-state index contributed by atoms with van der Waals surface area (Å²) in [6.07, 6.45) is 5.98. The SMILES string of the molecule is CCCNCC(=O)C1CCCc2cccnc21. The molecule has 0 bridgehead atoms. The predicted molar refractivity (Wildman–Crippen MR) is 68.1 cm³/mol. The van der Waals surface area contributed by atoms with Gasteiger partial charge in [-0.15, -0.1) is 0 Å². The Bertz CT molecular complexity index is 390. The molecule has 1 aromatic rings. The molecule has 1 heterocycles. The van der Waals surface area contributed by atoms with Crippen LogP contribution in [0.3, 0.4) is 0 Å². The van der Waals surface area contributed by atoms with Crippen molar-refractivity contribution in [2.45, 2.75) is 38.5 Å². The van der Waals surface area contributed by atoms with Crippen molar-refractivity contribution in [3.8, 4) is 0 Å². The number of aryl methyl sites for hydroxylation is 1. The smallest absolute Gasteiger partial charge is 0.155 e. The summed E-state index contributed by atoms with van der Waals surface area (Å²) in [5.41, 5.74) is 2.27. The molecule has 0 saturated carbocycles. The lowest BCUT2D eigenvalue weighted by Gasteiger charge is -2.23. The van der Waals surface area contributed by atoms with E-state index in [0.29, 0.717) is 6.54 Å². The number of fused-ring (bicyclic) bond motifs is 1. The molecule has 0 aliphatic heterocycles. The second kappa shape index (κ2) is 5.92. The molecule has 1 N–H and O–H groups in total. The third kappa shape index (κ3) is 2.91. The Morgan fingerprint density at radius 2 is 2.47 bits per heavy atom. The average molecular weight is 232 g/mol. The molecule has 92 valence electrons. The highest BCUT2D eigenvalue weighted by molar-refractivity contribution is 5.87. The van der Waals surface area contributed by atoms with Crippen LogP contribution < -0.4 is 5.32 Å². The Labute approximate surface area is 103 Å². The summed E-state index contributed by atoms with van der Waals surface area (Å²) in [6, 6.07) is 4.06. The van der Waals surface area contributed by atoms with Crippen LogP contribution in [-0.4, -0.2) is 23.9 Å². The Morgan fingerprint density at radius 1 is 1.59 bits per heavy atom. The first-order chi connectivity index (χ1) is 8.33. The molecular weight excluding hydrogens is 212 g/mol. The molecule has 0 spiro atoms. The number of nitrogens with zero attached hydrogens (tertiary/aromatic N) is 1. The van der Waals surface area contributed by atoms with Gasteiger partial charge in [0.2, 0.25) is 0 Å². The molecule has 1 aliphatic rings. The molecule has 3 heteroatoms. The van der Waals surface area contributed by atoms with Gasteiger partial charge in [-0.2, -0.15) is 0 Å². The van der Waals surface area contributed by atoms with Crippen LogP contribution in [-0.2, 0) is 11.2 Å². The molecule has 1 unspecified atom stereocenters. The fourth-order valence-corrected chi connectivity index (χ4v) is 2.43. The van der Waals surface area contributed by atoms with Crippen molar-refractivity contribution < 1.29 is 4.79 Å². The first kappa shape index (κ1) is 12.2. The number of pyridine rings is 1.